The predicted octanol–water partition coefficient (Wildman–Crippen LogP) is 7.10. The van der Waals surface area contributed by atoms with E-state index >= 15 is 0 Å². The van der Waals surface area contributed by atoms with E-state index in [1.54, 1.807) is 0 Å². The molecule has 0 amide bonds. The minimum Gasteiger partial charge on any atom is -0.303 e. The van der Waals surface area contributed by atoms with E-state index in [-0.39, 0.29) is 6.61 Å². The Morgan fingerprint density at radius 2 is 1.04 bits per heavy atom. The van der Waals surface area contributed by atoms with Gasteiger partial charge in [0.25, 0.3) is 0 Å². The van der Waals surface area contributed by atoms with Crippen molar-refractivity contribution in [2.24, 2.45) is 0 Å². The molecule has 0 aliphatic carbocycles. The van der Waals surface area contributed by atoms with E-state index in [0.29, 0.717) is 0 Å². The Labute approximate surface area is 167 Å². The molecule has 0 saturated heterocycles. The van der Waals surface area contributed by atoms with Gasteiger partial charge in [0.15, 0.2) is 0 Å². The molecular weight excluding hydrogens is 359 g/mol. The average molecular weight is 401 g/mol. The van der Waals surface area contributed by atoms with E-state index in [0.717, 1.165) is 19.3 Å². The maximum atomic E-state index is 10.4. The average Bonchev–Trinajstić information content (AvgIpc) is 2.61. The van der Waals surface area contributed by atoms with Crippen LogP contribution < -0.4 is 0 Å². The van der Waals surface area contributed by atoms with Gasteiger partial charge in [0.1, 0.15) is 0 Å². The molecule has 4 nitrogen and oxygen atoms in total. The second kappa shape index (κ2) is 17.4. The summed E-state index contributed by atoms with van der Waals surface area (Å²) in [6.07, 6.45) is 14.9. The molecule has 27 heavy (non-hydrogen) atoms. The van der Waals surface area contributed by atoms with Crippen molar-refractivity contribution in [3.63, 3.8) is 0 Å². The number of phosphoric ester groups is 1. The largest absolute Gasteiger partial charge is 0.469 e. The van der Waals surface area contributed by atoms with Crippen LogP contribution in [-0.2, 0) is 9.09 Å². The fourth-order valence-corrected chi connectivity index (χ4v) is 3.13. The second-order valence-corrected chi connectivity index (χ2v) is 8.61. The first-order valence-corrected chi connectivity index (χ1v) is 12.1. The van der Waals surface area contributed by atoms with Crippen LogP contribution >= 0.6 is 7.82 Å². The molecular formula is C22H41O4P. The first kappa shape index (κ1) is 26.3. The van der Waals surface area contributed by atoms with Crippen molar-refractivity contribution in [1.29, 1.82) is 0 Å². The first-order chi connectivity index (χ1) is 12.8. The number of rotatable bonds is 14. The van der Waals surface area contributed by atoms with E-state index < -0.39 is 7.82 Å². The second-order valence-electron chi connectivity index (χ2n) is 7.37. The van der Waals surface area contributed by atoms with Crippen molar-refractivity contribution in [3.8, 4) is 0 Å². The molecule has 0 aliphatic rings. The minimum atomic E-state index is -4.25. The summed E-state index contributed by atoms with van der Waals surface area (Å²) in [6, 6.07) is 8.48. The van der Waals surface area contributed by atoms with Gasteiger partial charge in [-0.3, -0.25) is 4.52 Å². The monoisotopic (exact) mass is 400 g/mol. The molecule has 0 bridgehead atoms. The maximum absolute atomic E-state index is 10.4. The SMILES string of the molecule is CCCCCCCCCCCCCCOP(=O)(O)O.Cc1ccc(C)cc1. The Bertz CT molecular complexity index is 461. The normalized spacial score (nSPS) is 11.1. The fraction of sp³-hybridized carbons (Fsp3) is 0.727. The van der Waals surface area contributed by atoms with Crippen LogP contribution in [0.3, 0.4) is 0 Å². The van der Waals surface area contributed by atoms with Crippen molar-refractivity contribution >= 4 is 7.82 Å². The summed E-state index contributed by atoms with van der Waals surface area (Å²) < 4.78 is 14.8. The van der Waals surface area contributed by atoms with Gasteiger partial charge in [-0.1, -0.05) is 113 Å². The summed E-state index contributed by atoms with van der Waals surface area (Å²) in [4.78, 5) is 17.0. The van der Waals surface area contributed by atoms with Gasteiger partial charge >= 0.3 is 7.82 Å². The molecule has 0 aromatic heterocycles. The van der Waals surface area contributed by atoms with Gasteiger partial charge in [-0.15, -0.1) is 0 Å². The van der Waals surface area contributed by atoms with Gasteiger partial charge in [0.05, 0.1) is 6.61 Å². The summed E-state index contributed by atoms with van der Waals surface area (Å²) >= 11 is 0. The van der Waals surface area contributed by atoms with Crippen molar-refractivity contribution < 1.29 is 18.9 Å². The van der Waals surface area contributed by atoms with Crippen molar-refractivity contribution in [2.75, 3.05) is 6.61 Å². The van der Waals surface area contributed by atoms with Crippen molar-refractivity contribution in [1.82, 2.24) is 0 Å². The zero-order valence-corrected chi connectivity index (χ0v) is 18.6. The summed E-state index contributed by atoms with van der Waals surface area (Å²) in [5.74, 6) is 0. The van der Waals surface area contributed by atoms with Gasteiger partial charge in [-0.2, -0.15) is 0 Å². The van der Waals surface area contributed by atoms with Crippen molar-refractivity contribution in [2.45, 2.75) is 97.8 Å². The molecule has 0 saturated carbocycles. The highest BCUT2D eigenvalue weighted by Crippen LogP contribution is 2.35. The molecule has 158 valence electrons. The molecule has 0 aliphatic heterocycles. The molecule has 5 heteroatoms. The first-order valence-electron chi connectivity index (χ1n) is 10.6. The van der Waals surface area contributed by atoms with Crippen LogP contribution in [0.2, 0.25) is 0 Å². The third kappa shape index (κ3) is 21.5. The molecule has 0 unspecified atom stereocenters. The van der Waals surface area contributed by atoms with Crippen molar-refractivity contribution in [3.05, 3.63) is 35.4 Å². The number of aryl methyl sites for hydroxylation is 2. The lowest BCUT2D eigenvalue weighted by molar-refractivity contribution is 0.193. The van der Waals surface area contributed by atoms with Gasteiger partial charge in [-0.25, -0.2) is 4.57 Å². The Morgan fingerprint density at radius 1 is 0.704 bits per heavy atom. The number of phosphoric acid groups is 1. The number of unbranched alkanes of at least 4 members (excludes halogenated alkanes) is 11. The molecule has 0 radical (unpaired) electrons. The molecule has 0 heterocycles. The van der Waals surface area contributed by atoms with Crippen LogP contribution in [0.1, 0.15) is 95.1 Å². The van der Waals surface area contributed by atoms with Crippen LogP contribution in [0.15, 0.2) is 24.3 Å². The Balaban J connectivity index is 0.000000694. The van der Waals surface area contributed by atoms with E-state index in [2.05, 4.69) is 49.6 Å². The number of hydrogen-bond donors (Lipinski definition) is 2. The van der Waals surface area contributed by atoms with Crippen LogP contribution in [0.4, 0.5) is 0 Å². The summed E-state index contributed by atoms with van der Waals surface area (Å²) in [5, 5.41) is 0. The summed E-state index contributed by atoms with van der Waals surface area (Å²) in [7, 11) is -4.25. The van der Waals surface area contributed by atoms with Gasteiger partial charge in [0.2, 0.25) is 0 Å². The Hall–Kier alpha value is -0.670. The molecule has 0 atom stereocenters. The fourth-order valence-electron chi connectivity index (χ4n) is 2.76. The smallest absolute Gasteiger partial charge is 0.303 e. The lowest BCUT2D eigenvalue weighted by Gasteiger charge is -2.05. The van der Waals surface area contributed by atoms with E-state index in [4.69, 9.17) is 9.79 Å². The predicted molar refractivity (Wildman–Crippen MR) is 115 cm³/mol. The van der Waals surface area contributed by atoms with Crippen LogP contribution in [0.5, 0.6) is 0 Å². The summed E-state index contributed by atoms with van der Waals surface area (Å²) in [5.41, 5.74) is 2.66. The quantitative estimate of drug-likeness (QED) is 0.258. The summed E-state index contributed by atoms with van der Waals surface area (Å²) in [6.45, 7) is 6.60. The molecule has 1 aromatic carbocycles. The van der Waals surface area contributed by atoms with Gasteiger partial charge in [-0.05, 0) is 20.3 Å². The standard InChI is InChI=1S/C14H31O4P.C8H10/c1-2-3-4-5-6-7-8-9-10-11-12-13-14-18-19(15,16)17;1-7-3-5-8(2)6-4-7/h2-14H2,1H3,(H2,15,16,17);3-6H,1-2H3. The third-order valence-corrected chi connectivity index (χ3v) is 4.99. The lowest BCUT2D eigenvalue weighted by atomic mass is 10.1. The number of benzene rings is 1. The molecule has 2 N–H and O–H groups in total. The van der Waals surface area contributed by atoms with E-state index in [9.17, 15) is 4.57 Å². The molecule has 0 fully saturated rings. The van der Waals surface area contributed by atoms with Crippen LogP contribution in [0.25, 0.3) is 0 Å². The Kier molecular flexibility index (Phi) is 17.0. The van der Waals surface area contributed by atoms with E-state index in [1.807, 2.05) is 0 Å². The zero-order valence-electron chi connectivity index (χ0n) is 17.7. The molecule has 1 rings (SSSR count). The van der Waals surface area contributed by atoms with Crippen LogP contribution in [-0.4, -0.2) is 16.4 Å². The molecule has 0 spiro atoms. The maximum Gasteiger partial charge on any atom is 0.469 e. The van der Waals surface area contributed by atoms with E-state index in [1.165, 1.54) is 68.9 Å². The highest BCUT2D eigenvalue weighted by molar-refractivity contribution is 7.46. The van der Waals surface area contributed by atoms with Crippen LogP contribution in [0, 0.1) is 13.8 Å². The molecule has 1 aromatic rings. The third-order valence-electron chi connectivity index (χ3n) is 4.48. The zero-order chi connectivity index (χ0) is 20.4. The number of hydrogen-bond acceptors (Lipinski definition) is 2. The van der Waals surface area contributed by atoms with Gasteiger partial charge in [0, 0.05) is 0 Å². The minimum absolute atomic E-state index is 0.168. The highest BCUT2D eigenvalue weighted by atomic mass is 31.2. The highest BCUT2D eigenvalue weighted by Gasteiger charge is 2.12. The van der Waals surface area contributed by atoms with Gasteiger partial charge < -0.3 is 9.79 Å². The topological polar surface area (TPSA) is 66.8 Å². The Morgan fingerprint density at radius 3 is 1.37 bits per heavy atom. The lowest BCUT2D eigenvalue weighted by Crippen LogP contribution is -1.92.